The summed E-state index contributed by atoms with van der Waals surface area (Å²) in [6.07, 6.45) is 4.82. The molecule has 1 aromatic rings. The third kappa shape index (κ3) is 3.44. The Morgan fingerprint density at radius 1 is 1.24 bits per heavy atom. The first-order chi connectivity index (χ1) is 10.2. The Morgan fingerprint density at radius 2 is 2.05 bits per heavy atom. The van der Waals surface area contributed by atoms with Crippen molar-refractivity contribution in [3.63, 3.8) is 0 Å². The SMILES string of the molecule is NC1CCC(C(=O)NC(c2ccccc2)C2CCCO2)C1. The average molecular weight is 288 g/mol. The van der Waals surface area contributed by atoms with Crippen molar-refractivity contribution in [1.82, 2.24) is 5.32 Å². The van der Waals surface area contributed by atoms with Gasteiger partial charge in [-0.3, -0.25) is 4.79 Å². The largest absolute Gasteiger partial charge is 0.376 e. The summed E-state index contributed by atoms with van der Waals surface area (Å²) in [6, 6.07) is 10.3. The van der Waals surface area contributed by atoms with Gasteiger partial charge in [-0.1, -0.05) is 30.3 Å². The van der Waals surface area contributed by atoms with Crippen LogP contribution >= 0.6 is 0 Å². The van der Waals surface area contributed by atoms with Gasteiger partial charge in [-0.05, 0) is 37.7 Å². The van der Waals surface area contributed by atoms with Crippen molar-refractivity contribution < 1.29 is 9.53 Å². The molecule has 2 aliphatic rings. The predicted molar refractivity (Wildman–Crippen MR) is 81.6 cm³/mol. The van der Waals surface area contributed by atoms with Crippen LogP contribution in [0.25, 0.3) is 0 Å². The van der Waals surface area contributed by atoms with Gasteiger partial charge in [-0.25, -0.2) is 0 Å². The first-order valence-electron chi connectivity index (χ1n) is 7.96. The van der Waals surface area contributed by atoms with Crippen LogP contribution in [0.2, 0.25) is 0 Å². The molecule has 4 atom stereocenters. The molecule has 1 aliphatic carbocycles. The van der Waals surface area contributed by atoms with E-state index in [0.29, 0.717) is 0 Å². The second kappa shape index (κ2) is 6.58. The summed E-state index contributed by atoms with van der Waals surface area (Å²) >= 11 is 0. The van der Waals surface area contributed by atoms with Crippen LogP contribution in [-0.2, 0) is 9.53 Å². The lowest BCUT2D eigenvalue weighted by Gasteiger charge is -2.26. The van der Waals surface area contributed by atoms with Gasteiger partial charge in [0.25, 0.3) is 0 Å². The predicted octanol–water partition coefficient (Wildman–Crippen LogP) is 2.15. The number of nitrogens with one attached hydrogen (secondary N) is 1. The lowest BCUT2D eigenvalue weighted by molar-refractivity contribution is -0.126. The van der Waals surface area contributed by atoms with E-state index in [4.69, 9.17) is 10.5 Å². The number of hydrogen-bond donors (Lipinski definition) is 2. The van der Waals surface area contributed by atoms with Gasteiger partial charge in [-0.15, -0.1) is 0 Å². The molecule has 1 aliphatic heterocycles. The molecule has 3 N–H and O–H groups in total. The summed E-state index contributed by atoms with van der Waals surface area (Å²) in [5.74, 6) is 0.194. The Labute approximate surface area is 126 Å². The van der Waals surface area contributed by atoms with Crippen molar-refractivity contribution in [2.45, 2.75) is 50.3 Å². The van der Waals surface area contributed by atoms with E-state index in [1.165, 1.54) is 0 Å². The van der Waals surface area contributed by atoms with Gasteiger partial charge in [0, 0.05) is 18.6 Å². The first-order valence-corrected chi connectivity index (χ1v) is 7.96. The van der Waals surface area contributed by atoms with Gasteiger partial charge < -0.3 is 15.8 Å². The van der Waals surface area contributed by atoms with E-state index in [1.54, 1.807) is 0 Å². The summed E-state index contributed by atoms with van der Waals surface area (Å²) in [7, 11) is 0. The van der Waals surface area contributed by atoms with Gasteiger partial charge in [0.05, 0.1) is 12.1 Å². The zero-order valence-electron chi connectivity index (χ0n) is 12.3. The minimum atomic E-state index is -0.0435. The van der Waals surface area contributed by atoms with Crippen molar-refractivity contribution >= 4 is 5.91 Å². The Morgan fingerprint density at radius 3 is 2.67 bits per heavy atom. The lowest BCUT2D eigenvalue weighted by atomic mass is 9.97. The molecule has 1 amide bonds. The molecular weight excluding hydrogens is 264 g/mol. The fourth-order valence-electron chi connectivity index (χ4n) is 3.44. The van der Waals surface area contributed by atoms with Gasteiger partial charge >= 0.3 is 0 Å². The third-order valence-electron chi connectivity index (χ3n) is 4.64. The maximum Gasteiger partial charge on any atom is 0.223 e. The van der Waals surface area contributed by atoms with E-state index in [1.807, 2.05) is 18.2 Å². The van der Waals surface area contributed by atoms with E-state index >= 15 is 0 Å². The summed E-state index contributed by atoms with van der Waals surface area (Å²) in [5, 5.41) is 3.22. The normalized spacial score (nSPS) is 30.2. The quantitative estimate of drug-likeness (QED) is 0.892. The Balaban J connectivity index is 1.71. The average Bonchev–Trinajstić information content (AvgIpc) is 3.17. The maximum atomic E-state index is 12.5. The number of hydrogen-bond acceptors (Lipinski definition) is 3. The molecule has 0 radical (unpaired) electrons. The highest BCUT2D eigenvalue weighted by Gasteiger charge is 2.33. The van der Waals surface area contributed by atoms with Crippen molar-refractivity contribution in [2.24, 2.45) is 11.7 Å². The molecule has 1 saturated carbocycles. The highest BCUT2D eigenvalue weighted by Crippen LogP contribution is 2.29. The first kappa shape index (κ1) is 14.5. The van der Waals surface area contributed by atoms with Crippen molar-refractivity contribution in [1.29, 1.82) is 0 Å². The number of nitrogens with two attached hydrogens (primary N) is 1. The summed E-state index contributed by atoms with van der Waals surface area (Å²) < 4.78 is 5.81. The summed E-state index contributed by atoms with van der Waals surface area (Å²) in [4.78, 5) is 12.5. The van der Waals surface area contributed by atoms with Crippen LogP contribution < -0.4 is 11.1 Å². The highest BCUT2D eigenvalue weighted by atomic mass is 16.5. The molecule has 0 spiro atoms. The van der Waals surface area contributed by atoms with Crippen LogP contribution in [0.3, 0.4) is 0 Å². The zero-order valence-corrected chi connectivity index (χ0v) is 12.3. The molecule has 4 heteroatoms. The number of amides is 1. The van der Waals surface area contributed by atoms with Crippen LogP contribution in [0, 0.1) is 5.92 Å². The van der Waals surface area contributed by atoms with E-state index in [9.17, 15) is 4.79 Å². The van der Waals surface area contributed by atoms with Gasteiger partial charge in [0.2, 0.25) is 5.91 Å². The highest BCUT2D eigenvalue weighted by molar-refractivity contribution is 5.79. The van der Waals surface area contributed by atoms with Crippen LogP contribution in [-0.4, -0.2) is 24.7 Å². The number of carbonyl (C=O) groups is 1. The smallest absolute Gasteiger partial charge is 0.223 e. The Hall–Kier alpha value is -1.39. The van der Waals surface area contributed by atoms with E-state index in [2.05, 4.69) is 17.4 Å². The fourth-order valence-corrected chi connectivity index (χ4v) is 3.44. The molecule has 3 rings (SSSR count). The minimum Gasteiger partial charge on any atom is -0.376 e. The molecule has 1 aromatic carbocycles. The van der Waals surface area contributed by atoms with Crippen LogP contribution in [0.4, 0.5) is 0 Å². The van der Waals surface area contributed by atoms with Crippen LogP contribution in [0.15, 0.2) is 30.3 Å². The van der Waals surface area contributed by atoms with Crippen molar-refractivity contribution in [3.05, 3.63) is 35.9 Å². The molecule has 2 fully saturated rings. The number of carbonyl (C=O) groups excluding carboxylic acids is 1. The Kier molecular flexibility index (Phi) is 4.56. The standard InChI is InChI=1S/C17H24N2O2/c18-14-9-8-13(11-14)17(20)19-16(15-7-4-10-21-15)12-5-2-1-3-6-12/h1-3,5-6,13-16H,4,7-11,18H2,(H,19,20). The van der Waals surface area contributed by atoms with Gasteiger partial charge in [0.1, 0.15) is 0 Å². The minimum absolute atomic E-state index is 0.0435. The summed E-state index contributed by atoms with van der Waals surface area (Å²) in [5.41, 5.74) is 7.05. The monoisotopic (exact) mass is 288 g/mol. The molecular formula is C17H24N2O2. The van der Waals surface area contributed by atoms with Gasteiger partial charge in [-0.2, -0.15) is 0 Å². The fraction of sp³-hybridized carbons (Fsp3) is 0.588. The molecule has 4 unspecified atom stereocenters. The second-order valence-corrected chi connectivity index (χ2v) is 6.22. The number of rotatable bonds is 4. The number of ether oxygens (including phenoxy) is 1. The molecule has 1 saturated heterocycles. The maximum absolute atomic E-state index is 12.5. The van der Waals surface area contributed by atoms with Crippen molar-refractivity contribution in [3.8, 4) is 0 Å². The molecule has 0 aromatic heterocycles. The van der Waals surface area contributed by atoms with Gasteiger partial charge in [0.15, 0.2) is 0 Å². The molecule has 1 heterocycles. The third-order valence-corrected chi connectivity index (χ3v) is 4.64. The second-order valence-electron chi connectivity index (χ2n) is 6.22. The lowest BCUT2D eigenvalue weighted by Crippen LogP contribution is -2.39. The topological polar surface area (TPSA) is 64.4 Å². The van der Waals surface area contributed by atoms with E-state index in [-0.39, 0.29) is 30.0 Å². The van der Waals surface area contributed by atoms with Crippen LogP contribution in [0.1, 0.15) is 43.7 Å². The summed E-state index contributed by atoms with van der Waals surface area (Å²) in [6.45, 7) is 0.790. The van der Waals surface area contributed by atoms with Crippen molar-refractivity contribution in [2.75, 3.05) is 6.61 Å². The molecule has 4 nitrogen and oxygen atoms in total. The van der Waals surface area contributed by atoms with Crippen LogP contribution in [0.5, 0.6) is 0 Å². The zero-order chi connectivity index (χ0) is 14.7. The Bertz CT molecular complexity index is 471. The van der Waals surface area contributed by atoms with E-state index < -0.39 is 0 Å². The van der Waals surface area contributed by atoms with E-state index in [0.717, 1.165) is 44.3 Å². The molecule has 21 heavy (non-hydrogen) atoms. The molecule has 114 valence electrons. The number of benzene rings is 1. The molecule has 0 bridgehead atoms.